The Labute approximate surface area is 207 Å². The number of aliphatic hydroxyl groups is 1. The number of aromatic nitrogens is 4. The number of halogens is 4. The lowest BCUT2D eigenvalue weighted by Gasteiger charge is -2.17. The van der Waals surface area contributed by atoms with Crippen LogP contribution in [0.5, 0.6) is 5.75 Å². The highest BCUT2D eigenvalue weighted by Gasteiger charge is 2.31. The van der Waals surface area contributed by atoms with Crippen LogP contribution in [-0.2, 0) is 20.0 Å². The number of fused-ring (bicyclic) bond motifs is 1. The Hall–Kier alpha value is -3.70. The first-order valence-electron chi connectivity index (χ1n) is 10.8. The second-order valence-electron chi connectivity index (χ2n) is 7.94. The van der Waals surface area contributed by atoms with E-state index in [1.165, 1.54) is 36.1 Å². The van der Waals surface area contributed by atoms with Crippen molar-refractivity contribution in [2.75, 3.05) is 6.61 Å². The van der Waals surface area contributed by atoms with Crippen LogP contribution in [0, 0.1) is 0 Å². The highest BCUT2D eigenvalue weighted by atomic mass is 35.5. The maximum Gasteiger partial charge on any atom is 0.573 e. The van der Waals surface area contributed by atoms with Crippen molar-refractivity contribution in [3.63, 3.8) is 0 Å². The fraction of sp³-hybridized carbons (Fsp3) is 0.250. The van der Waals surface area contributed by atoms with Crippen molar-refractivity contribution in [1.29, 1.82) is 0 Å². The van der Waals surface area contributed by atoms with Gasteiger partial charge in [-0.25, -0.2) is 9.78 Å². The lowest BCUT2D eigenvalue weighted by atomic mass is 9.95. The molecule has 0 amide bonds. The molecule has 3 aromatic heterocycles. The molecule has 0 fully saturated rings. The number of hydrogen-bond acceptors (Lipinski definition) is 6. The first-order chi connectivity index (χ1) is 17.1. The maximum absolute atomic E-state index is 13.5. The zero-order chi connectivity index (χ0) is 26.0. The van der Waals surface area contributed by atoms with E-state index in [9.17, 15) is 27.9 Å². The predicted molar refractivity (Wildman–Crippen MR) is 127 cm³/mol. The summed E-state index contributed by atoms with van der Waals surface area (Å²) in [5.41, 5.74) is 0.533. The summed E-state index contributed by atoms with van der Waals surface area (Å²) in [5.74, 6) is -0.434. The molecule has 188 valence electrons. The molecule has 0 bridgehead atoms. The quantitative estimate of drug-likeness (QED) is 0.399. The van der Waals surface area contributed by atoms with E-state index in [2.05, 4.69) is 14.7 Å². The molecule has 4 rings (SSSR count). The molecular formula is C24H20ClF3N4O4. The van der Waals surface area contributed by atoms with Crippen LogP contribution >= 0.6 is 11.6 Å². The molecule has 0 atom stereocenters. The molecule has 1 N–H and O–H groups in total. The van der Waals surface area contributed by atoms with Gasteiger partial charge in [0.05, 0.1) is 10.4 Å². The summed E-state index contributed by atoms with van der Waals surface area (Å²) in [4.78, 5) is 34.9. The van der Waals surface area contributed by atoms with Gasteiger partial charge in [0.2, 0.25) is 0 Å². The number of hydrogen-bond donors (Lipinski definition) is 1. The van der Waals surface area contributed by atoms with E-state index in [0.717, 1.165) is 10.6 Å². The Kier molecular flexibility index (Phi) is 7.14. The largest absolute Gasteiger partial charge is 0.573 e. The van der Waals surface area contributed by atoms with Crippen molar-refractivity contribution < 1.29 is 23.0 Å². The standard InChI is InChI=1S/C24H20ClF3N4O4/c1-31-21-20(22(34)32(23(31)35)8-3-9-33)18(11-16-7-6-15(25)12-29-16)19(13-30-21)14-4-2-5-17(10-14)36-24(26,27)28/h2,4-7,10,12-13,33H,3,8-9,11H2,1H3. The highest BCUT2D eigenvalue weighted by Crippen LogP contribution is 2.32. The van der Waals surface area contributed by atoms with Crippen LogP contribution in [-0.4, -0.2) is 37.2 Å². The molecule has 0 spiro atoms. The number of ether oxygens (including phenoxy) is 1. The minimum absolute atomic E-state index is 0.0181. The number of aliphatic hydroxyl groups excluding tert-OH is 1. The van der Waals surface area contributed by atoms with Gasteiger partial charge in [-0.3, -0.25) is 18.9 Å². The molecule has 4 aromatic rings. The van der Waals surface area contributed by atoms with Crippen LogP contribution in [0.15, 0.2) is 58.4 Å². The second-order valence-corrected chi connectivity index (χ2v) is 8.38. The highest BCUT2D eigenvalue weighted by molar-refractivity contribution is 6.30. The van der Waals surface area contributed by atoms with Gasteiger partial charge < -0.3 is 9.84 Å². The maximum atomic E-state index is 13.5. The van der Waals surface area contributed by atoms with E-state index in [0.29, 0.717) is 27.4 Å². The Morgan fingerprint density at radius 3 is 2.56 bits per heavy atom. The fourth-order valence-electron chi connectivity index (χ4n) is 3.92. The lowest BCUT2D eigenvalue weighted by molar-refractivity contribution is -0.274. The second kappa shape index (κ2) is 10.1. The number of benzene rings is 1. The molecule has 36 heavy (non-hydrogen) atoms. The first-order valence-corrected chi connectivity index (χ1v) is 11.2. The summed E-state index contributed by atoms with van der Waals surface area (Å²) in [6.07, 6.45) is -1.76. The summed E-state index contributed by atoms with van der Waals surface area (Å²) >= 11 is 5.95. The molecule has 3 heterocycles. The van der Waals surface area contributed by atoms with Gasteiger partial charge in [0.25, 0.3) is 5.56 Å². The smallest absolute Gasteiger partial charge is 0.406 e. The average molecular weight is 521 g/mol. The Morgan fingerprint density at radius 1 is 1.11 bits per heavy atom. The summed E-state index contributed by atoms with van der Waals surface area (Å²) in [6.45, 7) is -0.241. The van der Waals surface area contributed by atoms with Crippen molar-refractivity contribution in [2.24, 2.45) is 7.05 Å². The normalized spacial score (nSPS) is 11.7. The molecule has 0 aliphatic rings. The van der Waals surface area contributed by atoms with Crippen molar-refractivity contribution in [3.8, 4) is 16.9 Å². The van der Waals surface area contributed by atoms with Crippen molar-refractivity contribution in [1.82, 2.24) is 19.1 Å². The molecule has 12 heteroatoms. The topological polar surface area (TPSA) is 99.2 Å². The van der Waals surface area contributed by atoms with E-state index in [1.807, 2.05) is 0 Å². The minimum Gasteiger partial charge on any atom is -0.406 e. The molecule has 0 aliphatic heterocycles. The van der Waals surface area contributed by atoms with E-state index >= 15 is 0 Å². The molecule has 0 saturated carbocycles. The number of alkyl halides is 3. The third-order valence-corrected chi connectivity index (χ3v) is 5.75. The van der Waals surface area contributed by atoms with Crippen LogP contribution in [0.1, 0.15) is 17.7 Å². The number of pyridine rings is 2. The van der Waals surface area contributed by atoms with Crippen LogP contribution in [0.4, 0.5) is 13.2 Å². The number of aryl methyl sites for hydroxylation is 1. The minimum atomic E-state index is -4.88. The predicted octanol–water partition coefficient (Wildman–Crippen LogP) is 3.68. The summed E-state index contributed by atoms with van der Waals surface area (Å²) < 4.78 is 44.7. The number of nitrogens with zero attached hydrogens (tertiary/aromatic N) is 4. The monoisotopic (exact) mass is 520 g/mol. The van der Waals surface area contributed by atoms with Gasteiger partial charge in [-0.2, -0.15) is 0 Å². The van der Waals surface area contributed by atoms with E-state index in [1.54, 1.807) is 18.2 Å². The van der Waals surface area contributed by atoms with E-state index in [4.69, 9.17) is 11.6 Å². The first kappa shape index (κ1) is 25.4. The molecular weight excluding hydrogens is 501 g/mol. The molecule has 0 saturated heterocycles. The van der Waals surface area contributed by atoms with Gasteiger partial charge in [-0.1, -0.05) is 23.7 Å². The van der Waals surface area contributed by atoms with Crippen LogP contribution in [0.2, 0.25) is 5.02 Å². The summed E-state index contributed by atoms with van der Waals surface area (Å²) in [6, 6.07) is 8.61. The average Bonchev–Trinajstić information content (AvgIpc) is 2.83. The Balaban J connectivity index is 2.01. The van der Waals surface area contributed by atoms with Gasteiger partial charge in [-0.05, 0) is 41.8 Å². The van der Waals surface area contributed by atoms with Gasteiger partial charge in [0, 0.05) is 50.3 Å². The molecule has 0 radical (unpaired) electrons. The summed E-state index contributed by atoms with van der Waals surface area (Å²) in [5, 5.41) is 9.74. The molecule has 0 unspecified atom stereocenters. The molecule has 8 nitrogen and oxygen atoms in total. The zero-order valence-electron chi connectivity index (χ0n) is 18.9. The van der Waals surface area contributed by atoms with Crippen LogP contribution in [0.3, 0.4) is 0 Å². The van der Waals surface area contributed by atoms with Crippen molar-refractivity contribution >= 4 is 22.6 Å². The lowest BCUT2D eigenvalue weighted by Crippen LogP contribution is -2.40. The third-order valence-electron chi connectivity index (χ3n) is 5.53. The summed E-state index contributed by atoms with van der Waals surface area (Å²) in [7, 11) is 1.47. The fourth-order valence-corrected chi connectivity index (χ4v) is 4.03. The van der Waals surface area contributed by atoms with Gasteiger partial charge in [0.1, 0.15) is 11.4 Å². The van der Waals surface area contributed by atoms with Crippen LogP contribution in [0.25, 0.3) is 22.2 Å². The third kappa shape index (κ3) is 5.26. The zero-order valence-corrected chi connectivity index (χ0v) is 19.7. The molecule has 1 aromatic carbocycles. The van der Waals surface area contributed by atoms with Crippen molar-refractivity contribution in [2.45, 2.75) is 25.7 Å². The Bertz CT molecular complexity index is 1530. The van der Waals surface area contributed by atoms with E-state index in [-0.39, 0.29) is 37.0 Å². The van der Waals surface area contributed by atoms with E-state index < -0.39 is 23.4 Å². The number of rotatable bonds is 7. The Morgan fingerprint density at radius 2 is 1.89 bits per heavy atom. The van der Waals surface area contributed by atoms with Crippen molar-refractivity contribution in [3.05, 3.63) is 85.9 Å². The van der Waals surface area contributed by atoms with Crippen LogP contribution < -0.4 is 16.0 Å². The van der Waals surface area contributed by atoms with Gasteiger partial charge in [-0.15, -0.1) is 13.2 Å². The van der Waals surface area contributed by atoms with Gasteiger partial charge >= 0.3 is 12.1 Å². The van der Waals surface area contributed by atoms with Gasteiger partial charge in [0.15, 0.2) is 0 Å². The SMILES string of the molecule is Cn1c(=O)n(CCCO)c(=O)c2c(Cc3ccc(Cl)cn3)c(-c3cccc(OC(F)(F)F)c3)cnc21. The molecule has 0 aliphatic carbocycles.